The lowest BCUT2D eigenvalue weighted by Gasteiger charge is -2.16. The molecule has 3 heterocycles. The number of rotatable bonds is 5. The number of nitrogens with zero attached hydrogens (tertiary/aromatic N) is 2. The maximum Gasteiger partial charge on any atom is 0.136 e. The maximum absolute atomic E-state index is 9.10. The third kappa shape index (κ3) is 5.13. The van der Waals surface area contributed by atoms with Crippen LogP contribution >= 0.6 is 0 Å². The summed E-state index contributed by atoms with van der Waals surface area (Å²) >= 11 is 0. The Morgan fingerprint density at radius 3 is 1.73 bits per heavy atom. The van der Waals surface area contributed by atoms with Crippen LogP contribution in [0.5, 0.6) is 0 Å². The molecule has 3 nitrogen and oxygen atoms in total. The summed E-state index contributed by atoms with van der Waals surface area (Å²) in [6.45, 7) is 0. The maximum atomic E-state index is 9.10. The predicted octanol–water partition coefficient (Wildman–Crippen LogP) is 14.2. The van der Waals surface area contributed by atoms with Gasteiger partial charge >= 0.3 is 0 Å². The van der Waals surface area contributed by atoms with Gasteiger partial charge < -0.3 is 4.42 Å². The van der Waals surface area contributed by atoms with Crippen molar-refractivity contribution in [2.45, 2.75) is 0 Å². The second kappa shape index (κ2) is 12.6. The van der Waals surface area contributed by atoms with Gasteiger partial charge in [0.2, 0.25) is 0 Å². The molecule has 0 unspecified atom stereocenters. The van der Waals surface area contributed by atoms with E-state index in [0.717, 1.165) is 71.7 Å². The van der Waals surface area contributed by atoms with Gasteiger partial charge in [-0.05, 0) is 84.9 Å². The summed E-state index contributed by atoms with van der Waals surface area (Å²) in [5.41, 5.74) is 6.96. The van der Waals surface area contributed by atoms with Gasteiger partial charge in [-0.2, -0.15) is 0 Å². The standard InChI is InChI=1S/C52H32N2O/c1-2-12-33(13-3-1)49-42-19-6-8-21-44(42)50(45-22-9-7-20-43(45)49)48-30-29-47(55-48)37-15-10-14-36(32-37)38-26-27-41(40-18-5-4-17-39(38)40)46-28-25-35-24-23-34-16-11-31-53-51(34)52(35)54-46/h1-32H/i11D,16D,23D,24D,25D,28D,31D. The normalized spacial score (nSPS) is 13.4. The van der Waals surface area contributed by atoms with Crippen molar-refractivity contribution in [3.63, 3.8) is 0 Å². The third-order valence-corrected chi connectivity index (χ3v) is 10.4. The minimum absolute atomic E-state index is 0.00820. The molecule has 0 aliphatic rings. The number of pyridine rings is 2. The van der Waals surface area contributed by atoms with Crippen LogP contribution in [0.15, 0.2) is 199 Å². The molecule has 0 aliphatic heterocycles. The smallest absolute Gasteiger partial charge is 0.136 e. The Labute approximate surface area is 327 Å². The Morgan fingerprint density at radius 2 is 0.982 bits per heavy atom. The molecule has 3 aromatic heterocycles. The van der Waals surface area contributed by atoms with E-state index in [1.54, 1.807) is 0 Å². The van der Waals surface area contributed by atoms with Crippen LogP contribution in [-0.2, 0) is 0 Å². The molecule has 0 spiro atoms. The van der Waals surface area contributed by atoms with Crippen molar-refractivity contribution in [1.82, 2.24) is 9.97 Å². The van der Waals surface area contributed by atoms with Crippen LogP contribution in [0.1, 0.15) is 9.60 Å². The van der Waals surface area contributed by atoms with Crippen LogP contribution in [0.4, 0.5) is 0 Å². The van der Waals surface area contributed by atoms with Crippen molar-refractivity contribution in [2.24, 2.45) is 0 Å². The summed E-state index contributed by atoms with van der Waals surface area (Å²) in [6.07, 6.45) is -0.465. The van der Waals surface area contributed by atoms with Crippen LogP contribution in [0.25, 0.3) is 110 Å². The number of benzene rings is 8. The first-order valence-corrected chi connectivity index (χ1v) is 18.1. The summed E-state index contributed by atoms with van der Waals surface area (Å²) in [4.78, 5) is 9.05. The molecule has 0 aliphatic carbocycles. The van der Waals surface area contributed by atoms with Gasteiger partial charge in [0.05, 0.1) is 26.3 Å². The Kier molecular flexibility index (Phi) is 5.70. The average molecular weight is 708 g/mol. The van der Waals surface area contributed by atoms with Gasteiger partial charge in [-0.3, -0.25) is 4.98 Å². The monoisotopic (exact) mass is 707 g/mol. The Balaban J connectivity index is 1.04. The molecule has 0 amide bonds. The van der Waals surface area contributed by atoms with E-state index >= 15 is 0 Å². The first-order valence-electron chi connectivity index (χ1n) is 21.6. The van der Waals surface area contributed by atoms with Crippen molar-refractivity contribution in [3.05, 3.63) is 194 Å². The lowest BCUT2D eigenvalue weighted by molar-refractivity contribution is 0.598. The molecule has 0 bridgehead atoms. The lowest BCUT2D eigenvalue weighted by Crippen LogP contribution is -1.91. The summed E-state index contributed by atoms with van der Waals surface area (Å²) in [7, 11) is 0. The third-order valence-electron chi connectivity index (χ3n) is 10.4. The van der Waals surface area contributed by atoms with E-state index in [9.17, 15) is 0 Å². The zero-order valence-electron chi connectivity index (χ0n) is 36.2. The van der Waals surface area contributed by atoms with E-state index < -0.39 is 18.3 Å². The minimum atomic E-state index is -0.465. The number of hydrogen-bond donors (Lipinski definition) is 0. The van der Waals surface area contributed by atoms with Gasteiger partial charge in [0, 0.05) is 33.6 Å². The van der Waals surface area contributed by atoms with E-state index in [1.807, 2.05) is 72.8 Å². The Hall–Kier alpha value is -7.36. The minimum Gasteiger partial charge on any atom is -0.456 e. The van der Waals surface area contributed by atoms with Crippen molar-refractivity contribution in [2.75, 3.05) is 0 Å². The largest absolute Gasteiger partial charge is 0.456 e. The SMILES string of the molecule is [2H]c1nc2c(c([2H])c1[2H])c([2H])c([2H])c1c([2H])c([2H])c(-c3ccc(-c4cccc(-c5ccc(-c6c7ccccc7c(-c7ccccc7)c7ccccc67)o5)c4)c4ccccc34)nc12. The quantitative estimate of drug-likeness (QED) is 0.132. The molecule has 256 valence electrons. The van der Waals surface area contributed by atoms with Crippen LogP contribution in [0.3, 0.4) is 0 Å². The molecule has 0 saturated carbocycles. The number of furan rings is 1. The van der Waals surface area contributed by atoms with Crippen molar-refractivity contribution in [3.8, 4) is 56.2 Å². The Bertz CT molecular complexity index is 3620. The second-order valence-corrected chi connectivity index (χ2v) is 13.5. The molecule has 0 atom stereocenters. The van der Waals surface area contributed by atoms with E-state index in [-0.39, 0.29) is 51.7 Å². The van der Waals surface area contributed by atoms with Gasteiger partial charge in [0.1, 0.15) is 11.5 Å². The molecule has 8 aromatic carbocycles. The van der Waals surface area contributed by atoms with Crippen molar-refractivity contribution in [1.29, 1.82) is 0 Å². The summed E-state index contributed by atoms with van der Waals surface area (Å²) < 4.78 is 67.1. The van der Waals surface area contributed by atoms with E-state index in [2.05, 4.69) is 83.8 Å². The number of hydrogen-bond acceptors (Lipinski definition) is 3. The van der Waals surface area contributed by atoms with Crippen LogP contribution < -0.4 is 0 Å². The zero-order valence-corrected chi connectivity index (χ0v) is 29.2. The molecule has 11 rings (SSSR count). The van der Waals surface area contributed by atoms with E-state index in [4.69, 9.17) is 19.0 Å². The lowest BCUT2D eigenvalue weighted by atomic mass is 9.88. The van der Waals surface area contributed by atoms with Gasteiger partial charge in [-0.15, -0.1) is 0 Å². The highest BCUT2D eigenvalue weighted by molar-refractivity contribution is 6.21. The van der Waals surface area contributed by atoms with Gasteiger partial charge in [-0.1, -0.05) is 158 Å². The topological polar surface area (TPSA) is 38.9 Å². The average Bonchev–Trinajstić information content (AvgIpc) is 3.80. The van der Waals surface area contributed by atoms with Crippen LogP contribution in [0, 0.1) is 0 Å². The van der Waals surface area contributed by atoms with Crippen molar-refractivity contribution < 1.29 is 14.0 Å². The molecule has 0 saturated heterocycles. The fourth-order valence-corrected chi connectivity index (χ4v) is 7.98. The number of fused-ring (bicyclic) bond motifs is 6. The highest BCUT2D eigenvalue weighted by Crippen LogP contribution is 2.45. The summed E-state index contributed by atoms with van der Waals surface area (Å²) in [5, 5.41) is 6.06. The molecule has 0 N–H and O–H groups in total. The molecule has 3 heteroatoms. The van der Waals surface area contributed by atoms with Crippen LogP contribution in [-0.4, -0.2) is 9.97 Å². The number of aromatic nitrogens is 2. The molecule has 0 fully saturated rings. The van der Waals surface area contributed by atoms with E-state index in [0.29, 0.717) is 5.56 Å². The van der Waals surface area contributed by atoms with Crippen molar-refractivity contribution >= 4 is 54.1 Å². The highest BCUT2D eigenvalue weighted by Gasteiger charge is 2.19. The fraction of sp³-hybridized carbons (Fsp3) is 0. The van der Waals surface area contributed by atoms with E-state index in [1.165, 1.54) is 5.56 Å². The molecule has 0 radical (unpaired) electrons. The predicted molar refractivity (Wildman–Crippen MR) is 229 cm³/mol. The summed E-state index contributed by atoms with van der Waals surface area (Å²) in [5.74, 6) is 1.49. The first-order chi connectivity index (χ1) is 30.2. The highest BCUT2D eigenvalue weighted by atomic mass is 16.3. The Morgan fingerprint density at radius 1 is 0.418 bits per heavy atom. The van der Waals surface area contributed by atoms with Gasteiger partial charge in [-0.25, -0.2) is 4.98 Å². The molecule has 11 aromatic rings. The second-order valence-electron chi connectivity index (χ2n) is 13.5. The summed E-state index contributed by atoms with van der Waals surface area (Å²) in [6, 6.07) is 49.3. The molecule has 55 heavy (non-hydrogen) atoms. The van der Waals surface area contributed by atoms with Gasteiger partial charge in [0.15, 0.2) is 0 Å². The first kappa shape index (κ1) is 24.8. The van der Waals surface area contributed by atoms with Crippen LogP contribution in [0.2, 0.25) is 0 Å². The molecular weight excluding hydrogens is 669 g/mol. The zero-order chi connectivity index (χ0) is 42.4. The molecular formula is C52H32N2O. The van der Waals surface area contributed by atoms with Gasteiger partial charge in [0.25, 0.3) is 0 Å². The fourth-order valence-electron chi connectivity index (χ4n) is 7.98.